The number of ether oxygens (including phenoxy) is 2. The minimum absolute atomic E-state index is 0.0755. The average Bonchev–Trinajstić information content (AvgIpc) is 4.09. The zero-order chi connectivity index (χ0) is 54.5. The predicted octanol–water partition coefficient (Wildman–Crippen LogP) is 6.93. The normalized spacial score (nSPS) is 13.9. The molecule has 0 unspecified atom stereocenters. The topological polar surface area (TPSA) is 244 Å². The Morgan fingerprint density at radius 1 is 0.833 bits per heavy atom. The van der Waals surface area contributed by atoms with E-state index in [1.807, 2.05) is 15.5 Å². The number of carbonyl (C=O) groups is 3. The molecule has 3 amide bonds. The van der Waals surface area contributed by atoms with Gasteiger partial charge in [-0.25, -0.2) is 27.6 Å². The Bertz CT molecular complexity index is 3700. The number of carbonyl (C=O) groups excluding carboxylic acids is 3. The van der Waals surface area contributed by atoms with Gasteiger partial charge in [0.15, 0.2) is 17.2 Å². The van der Waals surface area contributed by atoms with Gasteiger partial charge in [-0.15, -0.1) is 0 Å². The molecule has 1 saturated heterocycles. The zero-order valence-corrected chi connectivity index (χ0v) is 44.2. The van der Waals surface area contributed by atoms with Crippen LogP contribution in [0.4, 0.5) is 21.6 Å². The van der Waals surface area contributed by atoms with Gasteiger partial charge >= 0.3 is 5.69 Å². The summed E-state index contributed by atoms with van der Waals surface area (Å²) < 4.78 is 63.1. The van der Waals surface area contributed by atoms with E-state index in [9.17, 15) is 27.6 Å². The number of benzene rings is 4. The van der Waals surface area contributed by atoms with Crippen LogP contribution in [0.5, 0.6) is 17.2 Å². The number of hydrogen-bond donors (Lipinski definition) is 5. The number of anilines is 3. The molecule has 2 aliphatic rings. The molecule has 0 bridgehead atoms. The van der Waals surface area contributed by atoms with Gasteiger partial charge in [-0.05, 0) is 86.7 Å². The number of halogens is 1. The maximum Gasteiger partial charge on any atom is 0.328 e. The molecule has 5 heterocycles. The number of nitrogens with zero attached hydrogens (tertiary/aromatic N) is 8. The molecule has 4 aromatic carbocycles. The number of nitrogens with one attached hydrogen (secondary N) is 5. The smallest absolute Gasteiger partial charge is 0.328 e. The first-order valence-electron chi connectivity index (χ1n) is 26.0. The molecule has 10 rings (SSSR count). The highest BCUT2D eigenvalue weighted by molar-refractivity contribution is 7.92. The van der Waals surface area contributed by atoms with Gasteiger partial charge in [0.05, 0.1) is 64.2 Å². The van der Waals surface area contributed by atoms with Crippen LogP contribution < -0.4 is 35.8 Å². The Balaban J connectivity index is 0.668. The molecule has 5 N–H and O–H groups in total. The summed E-state index contributed by atoms with van der Waals surface area (Å²) in [6.45, 7) is 5.03. The fourth-order valence-corrected chi connectivity index (χ4v) is 10.4. The summed E-state index contributed by atoms with van der Waals surface area (Å²) in [5.41, 5.74) is 4.36. The van der Waals surface area contributed by atoms with Crippen LogP contribution in [0.1, 0.15) is 77.8 Å². The molecule has 0 atom stereocenters. The summed E-state index contributed by atoms with van der Waals surface area (Å²) in [6.07, 6.45) is 12.2. The molecule has 1 saturated carbocycles. The van der Waals surface area contributed by atoms with Crippen molar-refractivity contribution in [2.45, 2.75) is 56.3 Å². The molecular formula is C55H60FN13O8S. The molecule has 8 aromatic rings. The number of imidazole rings is 2. The lowest BCUT2D eigenvalue weighted by Gasteiger charge is -2.34. The van der Waals surface area contributed by atoms with E-state index in [0.717, 1.165) is 42.6 Å². The Kier molecular flexibility index (Phi) is 15.6. The van der Waals surface area contributed by atoms with E-state index in [1.54, 1.807) is 74.0 Å². The third kappa shape index (κ3) is 11.9. The summed E-state index contributed by atoms with van der Waals surface area (Å²) in [6, 6.07) is 20.1. The van der Waals surface area contributed by atoms with Gasteiger partial charge in [-0.3, -0.25) is 42.6 Å². The highest BCUT2D eigenvalue weighted by Gasteiger charge is 2.29. The second-order valence-corrected chi connectivity index (χ2v) is 21.1. The number of piperazine rings is 1. The largest absolute Gasteiger partial charge is 0.493 e. The van der Waals surface area contributed by atoms with Crippen molar-refractivity contribution in [1.29, 1.82) is 0 Å². The molecule has 4 aromatic heterocycles. The van der Waals surface area contributed by atoms with Crippen LogP contribution in [0.3, 0.4) is 0 Å². The van der Waals surface area contributed by atoms with E-state index in [4.69, 9.17) is 14.5 Å². The Morgan fingerprint density at radius 2 is 1.59 bits per heavy atom. The standard InChI is InChI=1S/C55H60FN13O8S/c1-4-5-24-76-39-11-9-12-40(27-39)77-49-29-47-46(65(2)55(73)66(47)3)28-44(49)64-78(74,75)41-13-8-10-36(25-41)53(71)58-19-7-6-18-57-50(70)34-67-20-22-68(23-21-67)54(72)37-16-17-43(42(56)26-37)62-51-52-59-32-48(38-30-60-61-31-38)69(52)33-45(63-51)35-14-15-35/h8-13,16-17,25-33,35,64H,4-7,14-15,18-24,34H2,1-3H3,(H,57,70)(H,58,71)(H,60,61)(H,62,63). The van der Waals surface area contributed by atoms with Crippen LogP contribution in [-0.4, -0.2) is 122 Å². The van der Waals surface area contributed by atoms with Crippen LogP contribution in [0, 0.1) is 5.82 Å². The van der Waals surface area contributed by atoms with Crippen LogP contribution >= 0.6 is 0 Å². The van der Waals surface area contributed by atoms with Gasteiger partial charge in [0, 0.05) is 100 Å². The van der Waals surface area contributed by atoms with E-state index < -0.39 is 21.7 Å². The highest BCUT2D eigenvalue weighted by atomic mass is 32.2. The number of sulfonamides is 1. The minimum atomic E-state index is -4.29. The maximum atomic E-state index is 15.7. The number of H-pyrrole nitrogens is 1. The van der Waals surface area contributed by atoms with Gasteiger partial charge < -0.3 is 30.3 Å². The average molecular weight is 1080 g/mol. The van der Waals surface area contributed by atoms with Crippen LogP contribution in [0.25, 0.3) is 27.9 Å². The van der Waals surface area contributed by atoms with Crippen molar-refractivity contribution in [3.8, 4) is 28.5 Å². The Labute approximate surface area is 448 Å². The summed E-state index contributed by atoms with van der Waals surface area (Å²) in [5, 5.41) is 15.7. The SMILES string of the molecule is CCCCOc1cccc(Oc2cc3c(cc2NS(=O)(=O)c2cccc(C(=O)NCCCCNC(=O)CN4CCN(C(=O)c5ccc(Nc6nc(C7CC7)cn7c(-c8cn[nH]c8)cnc67)c(F)c5)CC4)c2)n(C)c(=O)n3C)c1. The molecule has 0 radical (unpaired) electrons. The number of amides is 3. The van der Waals surface area contributed by atoms with E-state index in [1.165, 1.54) is 51.6 Å². The lowest BCUT2D eigenvalue weighted by atomic mass is 10.1. The number of aromatic amines is 1. The molecule has 1 aliphatic carbocycles. The summed E-state index contributed by atoms with van der Waals surface area (Å²) in [4.78, 5) is 65.3. The first-order valence-corrected chi connectivity index (χ1v) is 27.4. The van der Waals surface area contributed by atoms with Gasteiger partial charge in [0.2, 0.25) is 5.91 Å². The molecule has 1 aliphatic heterocycles. The molecule has 78 heavy (non-hydrogen) atoms. The van der Waals surface area contributed by atoms with Crippen molar-refractivity contribution >= 4 is 61.6 Å². The third-order valence-corrected chi connectivity index (χ3v) is 15.2. The van der Waals surface area contributed by atoms with Crippen molar-refractivity contribution in [3.05, 3.63) is 137 Å². The number of aryl methyl sites for hydroxylation is 2. The molecule has 23 heteroatoms. The van der Waals surface area contributed by atoms with E-state index in [2.05, 4.69) is 42.8 Å². The van der Waals surface area contributed by atoms with E-state index in [0.29, 0.717) is 92.1 Å². The first kappa shape index (κ1) is 52.9. The number of unbranched alkanes of at least 4 members (excludes halogenated alkanes) is 2. The van der Waals surface area contributed by atoms with Gasteiger partial charge in [0.1, 0.15) is 17.3 Å². The second kappa shape index (κ2) is 23.0. The molecule has 21 nitrogen and oxygen atoms in total. The highest BCUT2D eigenvalue weighted by Crippen LogP contribution is 2.41. The third-order valence-electron chi connectivity index (χ3n) is 13.8. The minimum Gasteiger partial charge on any atom is -0.493 e. The second-order valence-electron chi connectivity index (χ2n) is 19.5. The fraction of sp³-hybridized carbons (Fsp3) is 0.327. The first-order chi connectivity index (χ1) is 37.7. The number of hydrogen-bond acceptors (Lipinski definition) is 13. The quantitative estimate of drug-likeness (QED) is 0.0433. The maximum absolute atomic E-state index is 15.7. The van der Waals surface area contributed by atoms with Crippen LogP contribution in [-0.2, 0) is 28.9 Å². The number of aromatic nitrogens is 7. The van der Waals surface area contributed by atoms with Crippen LogP contribution in [0.2, 0.25) is 0 Å². The van der Waals surface area contributed by atoms with Gasteiger partial charge in [-0.2, -0.15) is 5.10 Å². The van der Waals surface area contributed by atoms with Crippen LogP contribution in [0.15, 0.2) is 113 Å². The number of rotatable bonds is 22. The van der Waals surface area contributed by atoms with Gasteiger partial charge in [-0.1, -0.05) is 25.5 Å². The van der Waals surface area contributed by atoms with Crippen molar-refractivity contribution < 1.29 is 36.7 Å². The lowest BCUT2D eigenvalue weighted by Crippen LogP contribution is -2.51. The summed E-state index contributed by atoms with van der Waals surface area (Å²) in [5.74, 6) is 0.302. The molecule has 2 fully saturated rings. The lowest BCUT2D eigenvalue weighted by molar-refractivity contribution is -0.122. The summed E-state index contributed by atoms with van der Waals surface area (Å²) >= 11 is 0. The van der Waals surface area contributed by atoms with E-state index in [-0.39, 0.29) is 63.7 Å². The van der Waals surface area contributed by atoms with Gasteiger partial charge in [0.25, 0.3) is 21.8 Å². The predicted molar refractivity (Wildman–Crippen MR) is 291 cm³/mol. The zero-order valence-electron chi connectivity index (χ0n) is 43.4. The van der Waals surface area contributed by atoms with E-state index >= 15 is 4.39 Å². The Hall–Kier alpha value is -8.57. The summed E-state index contributed by atoms with van der Waals surface area (Å²) in [7, 11) is -1.09. The molecule has 406 valence electrons. The number of fused-ring (bicyclic) bond motifs is 2. The monoisotopic (exact) mass is 1080 g/mol. The van der Waals surface area contributed by atoms with Crippen molar-refractivity contribution in [2.75, 3.05) is 62.5 Å². The molecular weight excluding hydrogens is 1020 g/mol. The fourth-order valence-electron chi connectivity index (χ4n) is 9.27. The molecule has 0 spiro atoms. The van der Waals surface area contributed by atoms with Crippen molar-refractivity contribution in [1.82, 2.24) is 54.1 Å². The van der Waals surface area contributed by atoms with Crippen molar-refractivity contribution in [2.24, 2.45) is 14.1 Å². The van der Waals surface area contributed by atoms with Crippen molar-refractivity contribution in [3.63, 3.8) is 0 Å². The Morgan fingerprint density at radius 3 is 2.33 bits per heavy atom.